The summed E-state index contributed by atoms with van der Waals surface area (Å²) < 4.78 is 0. The summed E-state index contributed by atoms with van der Waals surface area (Å²) in [5.74, 6) is 0. The van der Waals surface area contributed by atoms with Crippen LogP contribution in [-0.4, -0.2) is 10.9 Å². The Labute approximate surface area is 94.8 Å². The summed E-state index contributed by atoms with van der Waals surface area (Å²) in [5.41, 5.74) is 0.945. The summed E-state index contributed by atoms with van der Waals surface area (Å²) in [6.45, 7) is 4.29. The summed E-state index contributed by atoms with van der Waals surface area (Å²) in [5, 5.41) is 11.9. The molecule has 0 heterocycles. The van der Waals surface area contributed by atoms with Gasteiger partial charge >= 0.3 is 0 Å². The van der Waals surface area contributed by atoms with Crippen LogP contribution in [0, 0.1) is 0 Å². The monoisotopic (exact) mass is 213 g/mol. The largest absolute Gasteiger partial charge is 0.411 e. The molecule has 0 radical (unpaired) electrons. The first kappa shape index (κ1) is 14.5. The highest BCUT2D eigenvalue weighted by Gasteiger charge is 1.97. The Morgan fingerprint density at radius 3 is 1.87 bits per heavy atom. The van der Waals surface area contributed by atoms with Gasteiger partial charge in [0.2, 0.25) is 0 Å². The number of nitrogens with zero attached hydrogens (tertiary/aromatic N) is 1. The summed E-state index contributed by atoms with van der Waals surface area (Å²) in [6.07, 6.45) is 12.5. The Balaban J connectivity index is 3.11. The van der Waals surface area contributed by atoms with E-state index in [9.17, 15) is 0 Å². The predicted octanol–water partition coefficient (Wildman–Crippen LogP) is 4.76. The van der Waals surface area contributed by atoms with Crippen molar-refractivity contribution in [2.75, 3.05) is 0 Å². The third-order valence-corrected chi connectivity index (χ3v) is 2.87. The van der Waals surface area contributed by atoms with E-state index < -0.39 is 0 Å². The van der Waals surface area contributed by atoms with Crippen LogP contribution in [0.25, 0.3) is 0 Å². The SMILES string of the molecule is CCCCCCCCCCC(CC)=NO. The molecular weight excluding hydrogens is 186 g/mol. The van der Waals surface area contributed by atoms with E-state index in [1.807, 2.05) is 6.92 Å². The lowest BCUT2D eigenvalue weighted by atomic mass is 10.1. The standard InChI is InChI=1S/C13H27NO/c1-3-5-6-7-8-9-10-11-12-13(4-2)14-15/h15H,3-12H2,1-2H3. The lowest BCUT2D eigenvalue weighted by Crippen LogP contribution is -1.95. The van der Waals surface area contributed by atoms with E-state index in [4.69, 9.17) is 5.21 Å². The third kappa shape index (κ3) is 9.77. The highest BCUT2D eigenvalue weighted by Crippen LogP contribution is 2.10. The van der Waals surface area contributed by atoms with Gasteiger partial charge in [-0.25, -0.2) is 0 Å². The fourth-order valence-electron chi connectivity index (χ4n) is 1.76. The first-order valence-corrected chi connectivity index (χ1v) is 6.54. The molecule has 0 aromatic carbocycles. The van der Waals surface area contributed by atoms with E-state index in [1.54, 1.807) is 0 Å². The van der Waals surface area contributed by atoms with Crippen molar-refractivity contribution in [3.05, 3.63) is 0 Å². The van der Waals surface area contributed by atoms with Gasteiger partial charge in [-0.15, -0.1) is 0 Å². The van der Waals surface area contributed by atoms with Gasteiger partial charge in [0.15, 0.2) is 0 Å². The van der Waals surface area contributed by atoms with Gasteiger partial charge in [0.1, 0.15) is 0 Å². The zero-order valence-corrected chi connectivity index (χ0v) is 10.5. The first-order valence-electron chi connectivity index (χ1n) is 6.54. The number of hydrogen-bond acceptors (Lipinski definition) is 2. The van der Waals surface area contributed by atoms with Crippen molar-refractivity contribution in [2.24, 2.45) is 5.16 Å². The average Bonchev–Trinajstić information content (AvgIpc) is 2.27. The summed E-state index contributed by atoms with van der Waals surface area (Å²) in [7, 11) is 0. The molecule has 15 heavy (non-hydrogen) atoms. The quantitative estimate of drug-likeness (QED) is 0.241. The van der Waals surface area contributed by atoms with Crippen molar-refractivity contribution >= 4 is 5.71 Å². The van der Waals surface area contributed by atoms with Crippen LogP contribution < -0.4 is 0 Å². The Kier molecular flexibility index (Phi) is 11.1. The molecule has 0 aromatic rings. The fourth-order valence-corrected chi connectivity index (χ4v) is 1.76. The van der Waals surface area contributed by atoms with Crippen molar-refractivity contribution in [1.82, 2.24) is 0 Å². The maximum atomic E-state index is 8.61. The van der Waals surface area contributed by atoms with E-state index in [1.165, 1.54) is 51.4 Å². The van der Waals surface area contributed by atoms with E-state index in [2.05, 4.69) is 12.1 Å². The van der Waals surface area contributed by atoms with Gasteiger partial charge in [-0.1, -0.05) is 63.9 Å². The Morgan fingerprint density at radius 1 is 0.867 bits per heavy atom. The van der Waals surface area contributed by atoms with Gasteiger partial charge in [0.05, 0.1) is 5.71 Å². The highest BCUT2D eigenvalue weighted by molar-refractivity contribution is 5.83. The van der Waals surface area contributed by atoms with Gasteiger partial charge in [0.25, 0.3) is 0 Å². The normalized spacial score (nSPS) is 12.0. The Bertz CT molecular complexity index is 155. The molecule has 2 nitrogen and oxygen atoms in total. The molecule has 0 bridgehead atoms. The molecule has 0 rings (SSSR count). The smallest absolute Gasteiger partial charge is 0.0568 e. The van der Waals surface area contributed by atoms with Gasteiger partial charge in [-0.3, -0.25) is 0 Å². The van der Waals surface area contributed by atoms with Crippen LogP contribution in [0.5, 0.6) is 0 Å². The van der Waals surface area contributed by atoms with E-state index in [-0.39, 0.29) is 0 Å². The molecule has 0 aliphatic carbocycles. The predicted molar refractivity (Wildman–Crippen MR) is 66.7 cm³/mol. The molecule has 0 amide bonds. The second-order valence-electron chi connectivity index (χ2n) is 4.24. The van der Waals surface area contributed by atoms with E-state index >= 15 is 0 Å². The highest BCUT2D eigenvalue weighted by atomic mass is 16.4. The van der Waals surface area contributed by atoms with Crippen molar-refractivity contribution in [2.45, 2.75) is 78.1 Å². The Hall–Kier alpha value is -0.530. The maximum absolute atomic E-state index is 8.61. The zero-order valence-electron chi connectivity index (χ0n) is 10.5. The van der Waals surface area contributed by atoms with Gasteiger partial charge in [-0.05, 0) is 19.3 Å². The molecule has 1 N–H and O–H groups in total. The second kappa shape index (κ2) is 11.5. The van der Waals surface area contributed by atoms with Gasteiger partial charge in [-0.2, -0.15) is 0 Å². The van der Waals surface area contributed by atoms with Crippen molar-refractivity contribution in [3.63, 3.8) is 0 Å². The summed E-state index contributed by atoms with van der Waals surface area (Å²) in [6, 6.07) is 0. The van der Waals surface area contributed by atoms with Crippen LogP contribution in [-0.2, 0) is 0 Å². The topological polar surface area (TPSA) is 32.6 Å². The van der Waals surface area contributed by atoms with Gasteiger partial charge in [0, 0.05) is 0 Å². The van der Waals surface area contributed by atoms with Crippen LogP contribution in [0.2, 0.25) is 0 Å². The molecule has 0 atom stereocenters. The number of oxime groups is 1. The number of hydrogen-bond donors (Lipinski definition) is 1. The molecule has 0 saturated carbocycles. The van der Waals surface area contributed by atoms with Crippen LogP contribution in [0.4, 0.5) is 0 Å². The summed E-state index contributed by atoms with van der Waals surface area (Å²) >= 11 is 0. The molecule has 0 fully saturated rings. The van der Waals surface area contributed by atoms with Crippen molar-refractivity contribution in [3.8, 4) is 0 Å². The Morgan fingerprint density at radius 2 is 1.40 bits per heavy atom. The van der Waals surface area contributed by atoms with Crippen LogP contribution in [0.1, 0.15) is 78.1 Å². The van der Waals surface area contributed by atoms with Gasteiger partial charge < -0.3 is 5.21 Å². The molecule has 90 valence electrons. The molecule has 0 aromatic heterocycles. The molecule has 0 aliphatic rings. The molecule has 0 unspecified atom stereocenters. The lowest BCUT2D eigenvalue weighted by molar-refractivity contribution is 0.316. The van der Waals surface area contributed by atoms with Crippen LogP contribution in [0.3, 0.4) is 0 Å². The minimum atomic E-state index is 0.882. The number of unbranched alkanes of at least 4 members (excludes halogenated alkanes) is 7. The van der Waals surface area contributed by atoms with Crippen LogP contribution >= 0.6 is 0 Å². The fraction of sp³-hybridized carbons (Fsp3) is 0.923. The van der Waals surface area contributed by atoms with E-state index in [0.29, 0.717) is 0 Å². The van der Waals surface area contributed by atoms with E-state index in [0.717, 1.165) is 18.6 Å². The van der Waals surface area contributed by atoms with Crippen molar-refractivity contribution < 1.29 is 5.21 Å². The van der Waals surface area contributed by atoms with Crippen LogP contribution in [0.15, 0.2) is 5.16 Å². The average molecular weight is 213 g/mol. The summed E-state index contributed by atoms with van der Waals surface area (Å²) in [4.78, 5) is 0. The zero-order chi connectivity index (χ0) is 11.4. The maximum Gasteiger partial charge on any atom is 0.0568 e. The van der Waals surface area contributed by atoms with Crippen molar-refractivity contribution in [1.29, 1.82) is 0 Å². The molecular formula is C13H27NO. The lowest BCUT2D eigenvalue weighted by Gasteiger charge is -2.02. The minimum absolute atomic E-state index is 0.882. The number of rotatable bonds is 10. The minimum Gasteiger partial charge on any atom is -0.411 e. The molecule has 0 aliphatic heterocycles. The molecule has 0 saturated heterocycles. The molecule has 0 spiro atoms. The first-order chi connectivity index (χ1) is 7.35. The molecule has 2 heteroatoms. The second-order valence-corrected chi connectivity index (χ2v) is 4.24. The third-order valence-electron chi connectivity index (χ3n) is 2.87.